The lowest BCUT2D eigenvalue weighted by Gasteiger charge is -2.17. The third-order valence-corrected chi connectivity index (χ3v) is 5.60. The van der Waals surface area contributed by atoms with Crippen molar-refractivity contribution in [3.05, 3.63) is 99.8 Å². The van der Waals surface area contributed by atoms with Gasteiger partial charge in [0.2, 0.25) is 0 Å². The van der Waals surface area contributed by atoms with Crippen LogP contribution >= 0.6 is 11.6 Å². The number of para-hydroxylation sites is 1. The van der Waals surface area contributed by atoms with Crippen LogP contribution in [0.5, 0.6) is 0 Å². The standard InChI is InChI=1S/C25H18ClFN2O5/c1-28(13-15-5-4-6-17(27)11-15)22(30)14-34-25(33)16-9-10-18-19(12-16)24(32)29(23(18)31)21-8-3-2-7-20(21)26/h2-12H,13-14H2,1H3. The van der Waals surface area contributed by atoms with Gasteiger partial charge in [0.1, 0.15) is 5.82 Å². The summed E-state index contributed by atoms with van der Waals surface area (Å²) in [5.74, 6) is -2.90. The molecule has 0 fully saturated rings. The van der Waals surface area contributed by atoms with Crippen LogP contribution in [0, 0.1) is 5.82 Å². The average Bonchev–Trinajstić information content (AvgIpc) is 3.07. The van der Waals surface area contributed by atoms with Crippen LogP contribution in [0.4, 0.5) is 10.1 Å². The monoisotopic (exact) mass is 480 g/mol. The molecule has 0 saturated carbocycles. The maximum absolute atomic E-state index is 13.3. The number of hydrogen-bond donors (Lipinski definition) is 0. The highest BCUT2D eigenvalue weighted by Gasteiger charge is 2.38. The summed E-state index contributed by atoms with van der Waals surface area (Å²) >= 11 is 6.14. The fraction of sp³-hybridized carbons (Fsp3) is 0.120. The topological polar surface area (TPSA) is 84.0 Å². The molecule has 0 unspecified atom stereocenters. The van der Waals surface area contributed by atoms with Crippen LogP contribution in [0.25, 0.3) is 0 Å². The third-order valence-electron chi connectivity index (χ3n) is 5.28. The normalized spacial score (nSPS) is 12.5. The number of carbonyl (C=O) groups excluding carboxylic acids is 4. The lowest BCUT2D eigenvalue weighted by atomic mass is 10.1. The number of nitrogens with zero attached hydrogens (tertiary/aromatic N) is 2. The number of fused-ring (bicyclic) bond motifs is 1. The number of hydrogen-bond acceptors (Lipinski definition) is 5. The third kappa shape index (κ3) is 4.53. The number of likely N-dealkylation sites (N-methyl/N-ethyl adjacent to an activating group) is 1. The first-order valence-electron chi connectivity index (χ1n) is 10.2. The lowest BCUT2D eigenvalue weighted by Crippen LogP contribution is -2.30. The van der Waals surface area contributed by atoms with Crippen molar-refractivity contribution in [3.63, 3.8) is 0 Å². The van der Waals surface area contributed by atoms with Crippen molar-refractivity contribution in [2.24, 2.45) is 0 Å². The fourth-order valence-corrected chi connectivity index (χ4v) is 3.76. The summed E-state index contributed by atoms with van der Waals surface area (Å²) < 4.78 is 18.4. The van der Waals surface area contributed by atoms with Gasteiger partial charge in [-0.05, 0) is 48.0 Å². The molecule has 0 N–H and O–H groups in total. The molecule has 0 bridgehead atoms. The molecule has 0 radical (unpaired) electrons. The second-order valence-corrected chi connectivity index (χ2v) is 8.02. The molecule has 9 heteroatoms. The molecule has 3 aromatic rings. The van der Waals surface area contributed by atoms with E-state index in [9.17, 15) is 23.6 Å². The molecule has 0 aliphatic carbocycles. The Bertz CT molecular complexity index is 1330. The first kappa shape index (κ1) is 23.1. The van der Waals surface area contributed by atoms with Crippen LogP contribution in [0.1, 0.15) is 36.6 Å². The van der Waals surface area contributed by atoms with Crippen molar-refractivity contribution < 1.29 is 28.3 Å². The Morgan fingerprint density at radius 2 is 1.71 bits per heavy atom. The lowest BCUT2D eigenvalue weighted by molar-refractivity contribution is -0.133. The Hall–Kier alpha value is -4.04. The van der Waals surface area contributed by atoms with Crippen molar-refractivity contribution in [1.29, 1.82) is 0 Å². The Kier molecular flexibility index (Phi) is 6.43. The summed E-state index contributed by atoms with van der Waals surface area (Å²) in [5.41, 5.74) is 1.02. The number of esters is 1. The molecule has 34 heavy (non-hydrogen) atoms. The largest absolute Gasteiger partial charge is 0.452 e. The van der Waals surface area contributed by atoms with Gasteiger partial charge in [-0.3, -0.25) is 14.4 Å². The highest BCUT2D eigenvalue weighted by atomic mass is 35.5. The van der Waals surface area contributed by atoms with E-state index in [1.807, 2.05) is 0 Å². The van der Waals surface area contributed by atoms with E-state index >= 15 is 0 Å². The van der Waals surface area contributed by atoms with E-state index in [1.54, 1.807) is 30.3 Å². The van der Waals surface area contributed by atoms with Crippen LogP contribution in [0.2, 0.25) is 5.02 Å². The van der Waals surface area contributed by atoms with Crippen molar-refractivity contribution in [1.82, 2.24) is 4.90 Å². The molecule has 7 nitrogen and oxygen atoms in total. The Balaban J connectivity index is 1.43. The van der Waals surface area contributed by atoms with Gasteiger partial charge in [-0.25, -0.2) is 14.1 Å². The molecular weight excluding hydrogens is 463 g/mol. The Morgan fingerprint density at radius 3 is 2.44 bits per heavy atom. The molecule has 0 aromatic heterocycles. The van der Waals surface area contributed by atoms with E-state index in [0.29, 0.717) is 5.56 Å². The Labute approximate surface area is 199 Å². The molecule has 1 aliphatic rings. The zero-order valence-electron chi connectivity index (χ0n) is 18.0. The van der Waals surface area contributed by atoms with Gasteiger partial charge in [0.25, 0.3) is 17.7 Å². The van der Waals surface area contributed by atoms with E-state index in [2.05, 4.69) is 0 Å². The zero-order valence-corrected chi connectivity index (χ0v) is 18.7. The van der Waals surface area contributed by atoms with Gasteiger partial charge >= 0.3 is 5.97 Å². The predicted octanol–water partition coefficient (Wildman–Crippen LogP) is 4.10. The van der Waals surface area contributed by atoms with Gasteiger partial charge in [0.15, 0.2) is 6.61 Å². The summed E-state index contributed by atoms with van der Waals surface area (Å²) in [6.45, 7) is -0.401. The number of imide groups is 1. The zero-order chi connectivity index (χ0) is 24.4. The minimum absolute atomic E-state index is 0.0153. The SMILES string of the molecule is CN(Cc1cccc(F)c1)C(=O)COC(=O)c1ccc2c(c1)C(=O)N(c1ccccc1Cl)C2=O. The van der Waals surface area contributed by atoms with Crippen molar-refractivity contribution in [3.8, 4) is 0 Å². The van der Waals surface area contributed by atoms with E-state index in [-0.39, 0.29) is 33.9 Å². The van der Waals surface area contributed by atoms with Gasteiger partial charge in [0, 0.05) is 13.6 Å². The molecule has 3 amide bonds. The second-order valence-electron chi connectivity index (χ2n) is 7.61. The van der Waals surface area contributed by atoms with Crippen LogP contribution in [0.15, 0.2) is 66.7 Å². The molecule has 3 aromatic carbocycles. The molecule has 4 rings (SSSR count). The van der Waals surface area contributed by atoms with Gasteiger partial charge in [-0.15, -0.1) is 0 Å². The van der Waals surface area contributed by atoms with E-state index in [0.717, 1.165) is 4.90 Å². The quantitative estimate of drug-likeness (QED) is 0.392. The number of anilines is 1. The van der Waals surface area contributed by atoms with Crippen molar-refractivity contribution in [2.45, 2.75) is 6.54 Å². The second kappa shape index (κ2) is 9.44. The van der Waals surface area contributed by atoms with Gasteiger partial charge in [-0.1, -0.05) is 35.9 Å². The molecule has 1 heterocycles. The van der Waals surface area contributed by atoms with E-state index in [4.69, 9.17) is 16.3 Å². The maximum Gasteiger partial charge on any atom is 0.338 e. The molecule has 0 atom stereocenters. The smallest absolute Gasteiger partial charge is 0.338 e. The number of amides is 3. The summed E-state index contributed by atoms with van der Waals surface area (Å²) in [6.07, 6.45) is 0. The minimum atomic E-state index is -0.827. The van der Waals surface area contributed by atoms with E-state index < -0.39 is 36.1 Å². The van der Waals surface area contributed by atoms with Gasteiger partial charge in [0.05, 0.1) is 27.4 Å². The van der Waals surface area contributed by atoms with Crippen LogP contribution in [-0.2, 0) is 16.1 Å². The van der Waals surface area contributed by atoms with Gasteiger partial charge < -0.3 is 9.64 Å². The highest BCUT2D eigenvalue weighted by molar-refractivity contribution is 6.39. The van der Waals surface area contributed by atoms with Crippen molar-refractivity contribution in [2.75, 3.05) is 18.6 Å². The van der Waals surface area contributed by atoms with Crippen LogP contribution in [-0.4, -0.2) is 42.2 Å². The Morgan fingerprint density at radius 1 is 0.971 bits per heavy atom. The first-order chi connectivity index (χ1) is 16.3. The number of carbonyl (C=O) groups is 4. The molecule has 172 valence electrons. The maximum atomic E-state index is 13.3. The number of benzene rings is 3. The fourth-order valence-electron chi connectivity index (χ4n) is 3.54. The van der Waals surface area contributed by atoms with Crippen LogP contribution in [0.3, 0.4) is 0 Å². The predicted molar refractivity (Wildman–Crippen MR) is 122 cm³/mol. The summed E-state index contributed by atoms with van der Waals surface area (Å²) in [6, 6.07) is 16.2. The average molecular weight is 481 g/mol. The molecule has 0 spiro atoms. The highest BCUT2D eigenvalue weighted by Crippen LogP contribution is 2.33. The molecular formula is C25H18ClFN2O5. The first-order valence-corrected chi connectivity index (χ1v) is 10.6. The van der Waals surface area contributed by atoms with Crippen molar-refractivity contribution >= 4 is 41.0 Å². The number of ether oxygens (including phenoxy) is 1. The van der Waals surface area contributed by atoms with Gasteiger partial charge in [-0.2, -0.15) is 0 Å². The number of halogens is 2. The number of rotatable bonds is 6. The molecule has 0 saturated heterocycles. The minimum Gasteiger partial charge on any atom is -0.452 e. The van der Waals surface area contributed by atoms with Crippen LogP contribution < -0.4 is 4.90 Å². The summed E-state index contributed by atoms with van der Waals surface area (Å²) in [7, 11) is 1.50. The molecule has 1 aliphatic heterocycles. The summed E-state index contributed by atoms with van der Waals surface area (Å²) in [5, 5.41) is 0.234. The van der Waals surface area contributed by atoms with E-state index in [1.165, 1.54) is 48.3 Å². The summed E-state index contributed by atoms with van der Waals surface area (Å²) in [4.78, 5) is 52.7.